The van der Waals surface area contributed by atoms with Crippen LogP contribution in [0.2, 0.25) is 0 Å². The van der Waals surface area contributed by atoms with Crippen LogP contribution in [-0.4, -0.2) is 5.11 Å². The molecule has 2 aromatic carbocycles. The van der Waals surface area contributed by atoms with Gasteiger partial charge in [-0.2, -0.15) is 0 Å². The minimum atomic E-state index is 0.200. The van der Waals surface area contributed by atoms with E-state index in [0.29, 0.717) is 5.75 Å². The van der Waals surface area contributed by atoms with Crippen molar-refractivity contribution in [3.63, 3.8) is 0 Å². The lowest BCUT2D eigenvalue weighted by Crippen LogP contribution is -2.34. The maximum absolute atomic E-state index is 9.47. The molecule has 0 aromatic heterocycles. The zero-order valence-electron chi connectivity index (χ0n) is 15.5. The molecule has 3 rings (SSSR count). The van der Waals surface area contributed by atoms with E-state index in [1.807, 2.05) is 12.1 Å². The predicted octanol–water partition coefficient (Wildman–Crippen LogP) is 6.30. The Morgan fingerprint density at radius 3 is 2.21 bits per heavy atom. The van der Waals surface area contributed by atoms with E-state index in [2.05, 4.69) is 58.9 Å². The van der Waals surface area contributed by atoms with E-state index >= 15 is 0 Å². The molecule has 24 heavy (non-hydrogen) atoms. The van der Waals surface area contributed by atoms with Gasteiger partial charge in [-0.05, 0) is 70.6 Å². The molecule has 1 nitrogen and oxygen atoms in total. The lowest BCUT2D eigenvalue weighted by atomic mass is 9.61. The van der Waals surface area contributed by atoms with Crippen LogP contribution in [0.5, 0.6) is 5.75 Å². The highest BCUT2D eigenvalue weighted by atomic mass is 16.3. The Labute approximate surface area is 146 Å². The number of phenols is 1. The average molecular weight is 320 g/mol. The van der Waals surface area contributed by atoms with Crippen LogP contribution in [0.15, 0.2) is 42.5 Å². The normalized spacial score (nSPS) is 19.0. The summed E-state index contributed by atoms with van der Waals surface area (Å²) in [5.74, 6) is 0.310. The Morgan fingerprint density at radius 1 is 0.917 bits per heavy atom. The highest BCUT2D eigenvalue weighted by Gasteiger charge is 2.38. The molecule has 1 aliphatic rings. The first kappa shape index (κ1) is 16.8. The first-order valence-corrected chi connectivity index (χ1v) is 8.82. The third-order valence-corrected chi connectivity index (χ3v) is 5.55. The van der Waals surface area contributed by atoms with Crippen molar-refractivity contribution in [2.75, 3.05) is 0 Å². The molecule has 0 aliphatic heterocycles. The lowest BCUT2D eigenvalue weighted by Gasteiger charge is -2.43. The summed E-state index contributed by atoms with van der Waals surface area (Å²) < 4.78 is 0. The van der Waals surface area contributed by atoms with Crippen LogP contribution in [0.3, 0.4) is 0 Å². The molecule has 2 aromatic rings. The Morgan fingerprint density at radius 2 is 1.54 bits per heavy atom. The summed E-state index contributed by atoms with van der Waals surface area (Å²) in [6.07, 6.45) is 4.67. The molecule has 1 aliphatic carbocycles. The van der Waals surface area contributed by atoms with Crippen molar-refractivity contribution in [1.82, 2.24) is 0 Å². The summed E-state index contributed by atoms with van der Waals surface area (Å²) in [6, 6.07) is 14.2. The maximum Gasteiger partial charge on any atom is 0.115 e. The molecule has 126 valence electrons. The van der Waals surface area contributed by atoms with Gasteiger partial charge in [-0.1, -0.05) is 64.1 Å². The van der Waals surface area contributed by atoms with Crippen LogP contribution in [0.25, 0.3) is 11.6 Å². The molecule has 0 bridgehead atoms. The molecule has 0 amide bonds. The smallest absolute Gasteiger partial charge is 0.115 e. The van der Waals surface area contributed by atoms with Crippen LogP contribution >= 0.6 is 0 Å². The van der Waals surface area contributed by atoms with Crippen molar-refractivity contribution in [3.8, 4) is 5.75 Å². The first-order chi connectivity index (χ1) is 11.2. The molecule has 0 heterocycles. The van der Waals surface area contributed by atoms with Gasteiger partial charge in [0.15, 0.2) is 0 Å². The zero-order valence-corrected chi connectivity index (χ0v) is 15.5. The van der Waals surface area contributed by atoms with Crippen molar-refractivity contribution in [1.29, 1.82) is 0 Å². The van der Waals surface area contributed by atoms with Gasteiger partial charge in [0.25, 0.3) is 0 Å². The van der Waals surface area contributed by atoms with Crippen LogP contribution in [-0.2, 0) is 10.8 Å². The average Bonchev–Trinajstić information content (AvgIpc) is 2.53. The van der Waals surface area contributed by atoms with E-state index in [1.165, 1.54) is 35.1 Å². The van der Waals surface area contributed by atoms with Crippen LogP contribution in [0.4, 0.5) is 0 Å². The topological polar surface area (TPSA) is 20.2 Å². The van der Waals surface area contributed by atoms with E-state index in [0.717, 1.165) is 5.56 Å². The van der Waals surface area contributed by atoms with E-state index in [1.54, 1.807) is 12.1 Å². The molecular weight excluding hydrogens is 292 g/mol. The van der Waals surface area contributed by atoms with E-state index < -0.39 is 0 Å². The summed E-state index contributed by atoms with van der Waals surface area (Å²) >= 11 is 0. The fraction of sp³-hybridized carbons (Fsp3) is 0.391. The molecule has 0 atom stereocenters. The standard InChI is InChI=1S/C23H28O/c1-16(15-17-9-11-18(24)12-10-17)19-7-6-8-20-21(19)23(4,5)14-13-22(20,2)3/h6-12,15,24H,13-14H2,1-5H3. The maximum atomic E-state index is 9.47. The minimum absolute atomic E-state index is 0.200. The molecule has 0 radical (unpaired) electrons. The molecular formula is C23H28O. The molecule has 1 N–H and O–H groups in total. The van der Waals surface area contributed by atoms with E-state index in [4.69, 9.17) is 0 Å². The summed E-state index contributed by atoms with van der Waals surface area (Å²) in [7, 11) is 0. The Hall–Kier alpha value is -2.02. The van der Waals surface area contributed by atoms with Gasteiger partial charge in [-0.3, -0.25) is 0 Å². The van der Waals surface area contributed by atoms with Gasteiger partial charge in [0.2, 0.25) is 0 Å². The number of fused-ring (bicyclic) bond motifs is 1. The van der Waals surface area contributed by atoms with Crippen molar-refractivity contribution in [3.05, 3.63) is 64.7 Å². The van der Waals surface area contributed by atoms with Crippen molar-refractivity contribution >= 4 is 11.6 Å². The molecule has 1 heteroatoms. The number of benzene rings is 2. The third-order valence-electron chi connectivity index (χ3n) is 5.55. The highest BCUT2D eigenvalue weighted by molar-refractivity contribution is 5.83. The van der Waals surface area contributed by atoms with Crippen molar-refractivity contribution < 1.29 is 5.11 Å². The van der Waals surface area contributed by atoms with Crippen LogP contribution in [0.1, 0.15) is 69.7 Å². The largest absolute Gasteiger partial charge is 0.508 e. The number of hydrogen-bond acceptors (Lipinski definition) is 1. The Kier molecular flexibility index (Phi) is 4.07. The number of hydrogen-bond donors (Lipinski definition) is 1. The summed E-state index contributed by atoms with van der Waals surface area (Å²) in [6.45, 7) is 11.7. The zero-order chi connectivity index (χ0) is 17.5. The molecule has 0 spiro atoms. The number of rotatable bonds is 2. The highest BCUT2D eigenvalue weighted by Crippen LogP contribution is 2.48. The number of allylic oxidation sites excluding steroid dienone is 1. The second-order valence-corrected chi connectivity index (χ2v) is 8.41. The van der Waals surface area contributed by atoms with Crippen LogP contribution < -0.4 is 0 Å². The summed E-state index contributed by atoms with van der Waals surface area (Å²) in [5, 5.41) is 9.47. The SMILES string of the molecule is CC(=Cc1ccc(O)cc1)c1cccc2c1C(C)(C)CCC2(C)C. The van der Waals surface area contributed by atoms with Gasteiger partial charge >= 0.3 is 0 Å². The first-order valence-electron chi connectivity index (χ1n) is 8.82. The fourth-order valence-electron chi connectivity index (χ4n) is 3.96. The van der Waals surface area contributed by atoms with E-state index in [-0.39, 0.29) is 10.8 Å². The Bertz CT molecular complexity index is 776. The molecule has 0 saturated heterocycles. The second-order valence-electron chi connectivity index (χ2n) is 8.41. The Balaban J connectivity index is 2.14. The molecule has 0 unspecified atom stereocenters. The second kappa shape index (κ2) is 5.81. The van der Waals surface area contributed by atoms with Crippen LogP contribution in [0, 0.1) is 0 Å². The number of phenolic OH excluding ortho intramolecular Hbond substituents is 1. The predicted molar refractivity (Wildman–Crippen MR) is 103 cm³/mol. The summed E-state index contributed by atoms with van der Waals surface area (Å²) in [5.41, 5.74) is 7.20. The van der Waals surface area contributed by atoms with Gasteiger partial charge < -0.3 is 5.11 Å². The lowest BCUT2D eigenvalue weighted by molar-refractivity contribution is 0.331. The van der Waals surface area contributed by atoms with Crippen molar-refractivity contribution in [2.45, 2.75) is 58.3 Å². The van der Waals surface area contributed by atoms with Gasteiger partial charge in [0.05, 0.1) is 0 Å². The van der Waals surface area contributed by atoms with Gasteiger partial charge in [-0.25, -0.2) is 0 Å². The van der Waals surface area contributed by atoms with Gasteiger partial charge in [-0.15, -0.1) is 0 Å². The fourth-order valence-corrected chi connectivity index (χ4v) is 3.96. The van der Waals surface area contributed by atoms with Gasteiger partial charge in [0, 0.05) is 0 Å². The van der Waals surface area contributed by atoms with Crippen molar-refractivity contribution in [2.24, 2.45) is 0 Å². The van der Waals surface area contributed by atoms with E-state index in [9.17, 15) is 5.11 Å². The number of aromatic hydroxyl groups is 1. The molecule has 0 saturated carbocycles. The monoisotopic (exact) mass is 320 g/mol. The van der Waals surface area contributed by atoms with Gasteiger partial charge in [0.1, 0.15) is 5.75 Å². The molecule has 0 fully saturated rings. The minimum Gasteiger partial charge on any atom is -0.508 e. The summed E-state index contributed by atoms with van der Waals surface area (Å²) in [4.78, 5) is 0. The third kappa shape index (κ3) is 3.00. The quantitative estimate of drug-likeness (QED) is 0.644.